The monoisotopic (exact) mass is 211 g/mol. The van der Waals surface area contributed by atoms with E-state index in [4.69, 9.17) is 9.84 Å². The van der Waals surface area contributed by atoms with Crippen molar-refractivity contribution < 1.29 is 14.6 Å². The molecule has 0 amide bonds. The second-order valence-electron chi connectivity index (χ2n) is 3.81. The Balaban J connectivity index is 2.17. The number of aromatic nitrogens is 3. The summed E-state index contributed by atoms with van der Waals surface area (Å²) in [6.45, 7) is 0.507. The highest BCUT2D eigenvalue weighted by molar-refractivity contribution is 5.78. The predicted octanol–water partition coefficient (Wildman–Crippen LogP) is -0.00860. The summed E-state index contributed by atoms with van der Waals surface area (Å²) in [5.41, 5.74) is -0.433. The molecule has 1 fully saturated rings. The van der Waals surface area contributed by atoms with Gasteiger partial charge < -0.3 is 9.84 Å². The Bertz CT molecular complexity index is 368. The minimum absolute atomic E-state index is 0.288. The van der Waals surface area contributed by atoms with Crippen molar-refractivity contribution in [2.45, 2.75) is 24.9 Å². The van der Waals surface area contributed by atoms with Crippen LogP contribution in [0.15, 0.2) is 6.20 Å². The molecule has 0 spiro atoms. The van der Waals surface area contributed by atoms with Crippen LogP contribution in [0.1, 0.15) is 18.5 Å². The van der Waals surface area contributed by atoms with E-state index in [9.17, 15) is 4.79 Å². The first-order chi connectivity index (χ1) is 7.12. The van der Waals surface area contributed by atoms with Gasteiger partial charge in [0.25, 0.3) is 0 Å². The van der Waals surface area contributed by atoms with E-state index in [-0.39, 0.29) is 6.42 Å². The maximum absolute atomic E-state index is 11.2. The lowest BCUT2D eigenvalue weighted by atomic mass is 9.95. The first-order valence-electron chi connectivity index (χ1n) is 4.85. The highest BCUT2D eigenvalue weighted by Crippen LogP contribution is 2.29. The van der Waals surface area contributed by atoms with Gasteiger partial charge >= 0.3 is 5.97 Å². The van der Waals surface area contributed by atoms with Gasteiger partial charge in [-0.1, -0.05) is 5.21 Å². The Morgan fingerprint density at radius 1 is 1.80 bits per heavy atom. The van der Waals surface area contributed by atoms with Gasteiger partial charge in [0.05, 0.1) is 5.69 Å². The number of ether oxygens (including phenoxy) is 1. The summed E-state index contributed by atoms with van der Waals surface area (Å²) in [6, 6.07) is 0. The molecule has 0 saturated carbocycles. The summed E-state index contributed by atoms with van der Waals surface area (Å²) in [4.78, 5) is 11.2. The standard InChI is InChI=1S/C9H13N3O3/c1-12-6-7(10-11-12)5-9(8(13)14)3-2-4-15-9/h6H,2-5H2,1H3,(H,13,14). The number of hydrogen-bond acceptors (Lipinski definition) is 4. The van der Waals surface area contributed by atoms with E-state index in [1.54, 1.807) is 17.9 Å². The Kier molecular flexibility index (Phi) is 2.44. The van der Waals surface area contributed by atoms with Gasteiger partial charge in [-0.25, -0.2) is 4.79 Å². The molecule has 0 aliphatic carbocycles. The van der Waals surface area contributed by atoms with Crippen molar-refractivity contribution in [3.05, 3.63) is 11.9 Å². The lowest BCUT2D eigenvalue weighted by Crippen LogP contribution is -2.40. The molecule has 1 atom stereocenters. The van der Waals surface area contributed by atoms with E-state index in [0.717, 1.165) is 6.42 Å². The highest BCUT2D eigenvalue weighted by Gasteiger charge is 2.43. The second kappa shape index (κ2) is 3.62. The van der Waals surface area contributed by atoms with Crippen LogP contribution < -0.4 is 0 Å². The lowest BCUT2D eigenvalue weighted by Gasteiger charge is -2.21. The smallest absolute Gasteiger partial charge is 0.336 e. The summed E-state index contributed by atoms with van der Waals surface area (Å²) in [5.74, 6) is -0.911. The van der Waals surface area contributed by atoms with E-state index < -0.39 is 11.6 Å². The van der Waals surface area contributed by atoms with Crippen LogP contribution in [0, 0.1) is 0 Å². The van der Waals surface area contributed by atoms with Crippen molar-refractivity contribution in [3.63, 3.8) is 0 Å². The van der Waals surface area contributed by atoms with Crippen LogP contribution in [0.2, 0.25) is 0 Å². The van der Waals surface area contributed by atoms with Crippen molar-refractivity contribution >= 4 is 5.97 Å². The zero-order chi connectivity index (χ0) is 10.9. The van der Waals surface area contributed by atoms with Crippen molar-refractivity contribution in [1.29, 1.82) is 0 Å². The maximum Gasteiger partial charge on any atom is 0.336 e. The number of aryl methyl sites for hydroxylation is 1. The van der Waals surface area contributed by atoms with Gasteiger partial charge in [-0.3, -0.25) is 4.68 Å². The number of carbonyl (C=O) groups is 1. The summed E-state index contributed by atoms with van der Waals surface area (Å²) >= 11 is 0. The largest absolute Gasteiger partial charge is 0.479 e. The van der Waals surface area contributed by atoms with E-state index in [1.165, 1.54) is 0 Å². The summed E-state index contributed by atoms with van der Waals surface area (Å²) in [6.07, 6.45) is 3.33. The number of carboxylic acid groups (broad SMARTS) is 1. The van der Waals surface area contributed by atoms with E-state index in [1.807, 2.05) is 0 Å². The van der Waals surface area contributed by atoms with Crippen LogP contribution in [0.4, 0.5) is 0 Å². The van der Waals surface area contributed by atoms with Crippen molar-refractivity contribution in [2.75, 3.05) is 6.61 Å². The van der Waals surface area contributed by atoms with Gasteiger partial charge in [0.15, 0.2) is 5.60 Å². The molecule has 1 aliphatic heterocycles. The molecule has 1 aromatic rings. The number of hydrogen-bond donors (Lipinski definition) is 1. The van der Waals surface area contributed by atoms with Crippen molar-refractivity contribution in [1.82, 2.24) is 15.0 Å². The second-order valence-corrected chi connectivity index (χ2v) is 3.81. The molecule has 0 radical (unpaired) electrons. The zero-order valence-electron chi connectivity index (χ0n) is 8.51. The molecular formula is C9H13N3O3. The summed E-state index contributed by atoms with van der Waals surface area (Å²) in [5, 5.41) is 16.8. The molecule has 82 valence electrons. The van der Waals surface area contributed by atoms with Crippen LogP contribution in [0.3, 0.4) is 0 Å². The minimum atomic E-state index is -1.09. The molecule has 0 bridgehead atoms. The normalized spacial score (nSPS) is 25.7. The molecular weight excluding hydrogens is 198 g/mol. The first-order valence-corrected chi connectivity index (χ1v) is 4.85. The Labute approximate surface area is 86.8 Å². The molecule has 1 N–H and O–H groups in total. The van der Waals surface area contributed by atoms with Gasteiger partial charge in [-0.15, -0.1) is 5.10 Å². The molecule has 1 unspecified atom stereocenters. The fourth-order valence-corrected chi connectivity index (χ4v) is 1.85. The van der Waals surface area contributed by atoms with E-state index in [2.05, 4.69) is 10.3 Å². The fraction of sp³-hybridized carbons (Fsp3) is 0.667. The average Bonchev–Trinajstić information content (AvgIpc) is 2.77. The van der Waals surface area contributed by atoms with Gasteiger partial charge in [-0.05, 0) is 12.8 Å². The van der Waals surface area contributed by atoms with E-state index >= 15 is 0 Å². The Morgan fingerprint density at radius 3 is 3.07 bits per heavy atom. The fourth-order valence-electron chi connectivity index (χ4n) is 1.85. The zero-order valence-corrected chi connectivity index (χ0v) is 8.51. The van der Waals surface area contributed by atoms with Crippen LogP contribution in [0.5, 0.6) is 0 Å². The van der Waals surface area contributed by atoms with Crippen LogP contribution >= 0.6 is 0 Å². The topological polar surface area (TPSA) is 77.2 Å². The first kappa shape index (κ1) is 10.1. The number of aliphatic carboxylic acids is 1. The number of carboxylic acids is 1. The third-order valence-corrected chi connectivity index (χ3v) is 2.61. The molecule has 1 aliphatic rings. The number of rotatable bonds is 3. The third kappa shape index (κ3) is 1.85. The van der Waals surface area contributed by atoms with Crippen molar-refractivity contribution in [3.8, 4) is 0 Å². The molecule has 2 rings (SSSR count). The van der Waals surface area contributed by atoms with Crippen LogP contribution in [-0.2, 0) is 23.0 Å². The molecule has 15 heavy (non-hydrogen) atoms. The molecule has 1 aromatic heterocycles. The molecule has 1 saturated heterocycles. The molecule has 0 aromatic carbocycles. The predicted molar refractivity (Wildman–Crippen MR) is 50.3 cm³/mol. The summed E-state index contributed by atoms with van der Waals surface area (Å²) < 4.78 is 6.89. The van der Waals surface area contributed by atoms with Gasteiger partial charge in [0.1, 0.15) is 0 Å². The minimum Gasteiger partial charge on any atom is -0.479 e. The third-order valence-electron chi connectivity index (χ3n) is 2.61. The summed E-state index contributed by atoms with van der Waals surface area (Å²) in [7, 11) is 1.75. The Hall–Kier alpha value is -1.43. The quantitative estimate of drug-likeness (QED) is 0.761. The highest BCUT2D eigenvalue weighted by atomic mass is 16.5. The lowest BCUT2D eigenvalue weighted by molar-refractivity contribution is -0.160. The number of nitrogens with zero attached hydrogens (tertiary/aromatic N) is 3. The van der Waals surface area contributed by atoms with Gasteiger partial charge in [0, 0.05) is 26.3 Å². The molecule has 6 nitrogen and oxygen atoms in total. The SMILES string of the molecule is Cn1cc(CC2(C(=O)O)CCCO2)nn1. The van der Waals surface area contributed by atoms with Gasteiger partial charge in [-0.2, -0.15) is 0 Å². The molecule has 6 heteroatoms. The average molecular weight is 211 g/mol. The van der Waals surface area contributed by atoms with Crippen LogP contribution in [-0.4, -0.2) is 38.3 Å². The van der Waals surface area contributed by atoms with E-state index in [0.29, 0.717) is 18.7 Å². The maximum atomic E-state index is 11.2. The van der Waals surface area contributed by atoms with Crippen molar-refractivity contribution in [2.24, 2.45) is 7.05 Å². The van der Waals surface area contributed by atoms with Crippen LogP contribution in [0.25, 0.3) is 0 Å². The van der Waals surface area contributed by atoms with Gasteiger partial charge in [0.2, 0.25) is 0 Å². The Morgan fingerprint density at radius 2 is 2.60 bits per heavy atom. The molecule has 2 heterocycles.